The Balaban J connectivity index is 0.000000301. The number of nitrogens with zero attached hydrogens (tertiary/aromatic N) is 12. The molecule has 0 spiro atoms. The fourth-order valence-corrected chi connectivity index (χ4v) is 19.1. The van der Waals surface area contributed by atoms with Crippen molar-refractivity contribution in [2.45, 2.75) is 152 Å². The van der Waals surface area contributed by atoms with E-state index >= 15 is 0 Å². The predicted octanol–water partition coefficient (Wildman–Crippen LogP) is 13.1. The van der Waals surface area contributed by atoms with Gasteiger partial charge in [0.15, 0.2) is 66.9 Å². The predicted molar refractivity (Wildman–Crippen MR) is 546 cm³/mol. The first-order valence-electron chi connectivity index (χ1n) is 44.2. The second-order valence-electron chi connectivity index (χ2n) is 32.0. The molecule has 0 aliphatic carbocycles. The Morgan fingerprint density at radius 2 is 0.818 bits per heavy atom. The summed E-state index contributed by atoms with van der Waals surface area (Å²) < 4.78 is 61.6. The van der Waals surface area contributed by atoms with Crippen LogP contribution in [0.1, 0.15) is 213 Å². The first-order chi connectivity index (χ1) is 64.5. The van der Waals surface area contributed by atoms with Crippen molar-refractivity contribution in [2.24, 2.45) is 29.4 Å². The van der Waals surface area contributed by atoms with Crippen LogP contribution in [0.5, 0.6) is 0 Å². The summed E-state index contributed by atoms with van der Waals surface area (Å²) in [5.41, 5.74) is 9.43. The zero-order chi connectivity index (χ0) is 98.4. The summed E-state index contributed by atoms with van der Waals surface area (Å²) in [5, 5.41) is 61.3. The van der Waals surface area contributed by atoms with Crippen LogP contribution in [0, 0.1) is 58.8 Å². The fraction of sp³-hybridized carbons (Fsp3) is 0.473. The Morgan fingerprint density at radius 3 is 1.08 bits per heavy atom. The molecule has 5 aliphatic rings. The van der Waals surface area contributed by atoms with Gasteiger partial charge in [-0.05, 0) is 174 Å². The largest absolute Gasteiger partial charge is 2.00 e. The number of carbonyl (C=O) groups excluding carboxylic acids is 7. The van der Waals surface area contributed by atoms with Crippen molar-refractivity contribution in [1.29, 1.82) is 0 Å². The first kappa shape index (κ1) is 115. The summed E-state index contributed by atoms with van der Waals surface area (Å²) in [6.45, 7) is 25.5. The Bertz CT molecular complexity index is 5900. The number of primary amides is 1. The van der Waals surface area contributed by atoms with Crippen molar-refractivity contribution in [3.63, 3.8) is 0 Å². The van der Waals surface area contributed by atoms with Gasteiger partial charge >= 0.3 is 42.3 Å². The standard InChI is InChI=1S/C21H26N4O4S.C21H24N4O4S.C20H22N4O5S.C15H17BrN2O3S.C5H6N2O2.C4H8O.C2H6.CH5P.CH4.CH3.BFH2P.BrH.Mg/c2*1-12-22-17(11-29-12)19(27)23-15-9-18-16(8-14(15)21(2,3)28)24-20(30-18)25-6-4-13(10-26)5-7-25;1-11-21-16(10-29-11)18(26)22-14-8-17-15(7-13(14)19(27)28-2)23-20(30-17)24-5-3-12(9-25)4-6-24;1-21-14(20)10-6-12-13(7-11(10)16)22-15(17-12)18-4-2-9(8-19)3-5-18;1-3-7-4(2-9-3)5(6)8;1-2-4-5-3-1;2*1-2;;;2-1-3;;/h8-9,11,13,26,28H,4-7,10H2,1-3H3,(H,23,27);8-11,13,28H,4-7H2,1-3H3,(H,23,27);7-8,10,12,25H,3-6,9H2,1-2H3,(H,22,26);6-7,9,19H,2-5,8H2,1H3;2H,1H3,(H2,6,8);1-4H2;1-2H3;2H2,1H3;1H4;1H3;3H2;1H;/q;;;;;;;;;-1;;;+2/p-1/i;;;;;;2*1D;;;;;. The number of rotatable bonds is 19. The zero-order valence-electron chi connectivity index (χ0n) is 80.1. The maximum atomic E-state index is 12.6. The molecule has 12 aromatic rings. The Labute approximate surface area is 855 Å². The third-order valence-corrected chi connectivity index (χ3v) is 26.5. The minimum absolute atomic E-state index is 0. The maximum absolute atomic E-state index is 12.6. The summed E-state index contributed by atoms with van der Waals surface area (Å²) in [5.74, 6) is 0.0923. The van der Waals surface area contributed by atoms with E-state index < -0.39 is 40.8 Å². The van der Waals surface area contributed by atoms with Crippen molar-refractivity contribution in [2.75, 3.05) is 142 Å². The number of halogens is 3. The number of nitrogens with two attached hydrogens (primary N) is 1. The normalized spacial score (nSPS) is 14.6. The van der Waals surface area contributed by atoms with E-state index in [1.807, 2.05) is 30.3 Å². The number of thiazole rings is 4. The third kappa shape index (κ3) is 33.5. The van der Waals surface area contributed by atoms with Gasteiger partial charge < -0.3 is 132 Å². The van der Waals surface area contributed by atoms with E-state index in [-0.39, 0.29) is 115 Å². The van der Waals surface area contributed by atoms with E-state index in [9.17, 15) is 63.4 Å². The van der Waals surface area contributed by atoms with Gasteiger partial charge in [-0.15, -0.1) is 18.4 Å². The maximum Gasteiger partial charge on any atom is 2.00 e. The van der Waals surface area contributed by atoms with Gasteiger partial charge in [-0.1, -0.05) is 73.2 Å². The number of hydrogen-bond donors (Lipinski definition) is 9. The average molecular weight is 2150 g/mol. The number of aromatic nitrogens is 8. The molecule has 741 valence electrons. The van der Waals surface area contributed by atoms with Crippen molar-refractivity contribution in [1.82, 2.24) is 39.9 Å². The number of aliphatic hydroxyl groups excluding tert-OH is 3. The van der Waals surface area contributed by atoms with Crippen molar-refractivity contribution in [3.05, 3.63) is 154 Å². The number of benzene rings is 4. The molecular weight excluding hydrogens is 2030 g/mol. The number of oxazole rings is 4. The average Bonchev–Trinajstić information content (AvgIpc) is 1.41. The molecule has 46 heteroatoms. The number of aliphatic hydroxyl groups is 5. The molecule has 17 rings (SSSR count). The molecule has 10 N–H and O–H groups in total. The van der Waals surface area contributed by atoms with E-state index in [1.54, 1.807) is 112 Å². The van der Waals surface area contributed by atoms with Gasteiger partial charge in [-0.2, -0.15) is 0 Å². The van der Waals surface area contributed by atoms with Crippen LogP contribution >= 0.6 is 79.6 Å². The van der Waals surface area contributed by atoms with Crippen LogP contribution in [-0.2, 0) is 30.2 Å². The zero-order valence-corrected chi connectivity index (χ0v) is 88.3. The van der Waals surface area contributed by atoms with E-state index in [0.29, 0.717) is 101 Å². The second-order valence-corrected chi connectivity index (χ2v) is 37.1. The van der Waals surface area contributed by atoms with Crippen LogP contribution in [0.3, 0.4) is 0 Å². The molecule has 13 heterocycles. The smallest absolute Gasteiger partial charge is 1.00 e. The Morgan fingerprint density at radius 1 is 0.540 bits per heavy atom. The molecule has 1 radical (unpaired) electrons. The van der Waals surface area contributed by atoms with E-state index in [2.05, 4.69) is 90.6 Å². The third-order valence-electron chi connectivity index (χ3n) is 21.6. The topological polar surface area (TPSA) is 479 Å². The van der Waals surface area contributed by atoms with E-state index in [1.165, 1.54) is 74.8 Å². The van der Waals surface area contributed by atoms with Crippen molar-refractivity contribution < 1.29 is 115 Å². The van der Waals surface area contributed by atoms with Crippen molar-refractivity contribution >= 4 is 230 Å². The van der Waals surface area contributed by atoms with E-state index in [4.69, 9.17) is 50.3 Å². The number of fused-ring (bicyclic) bond motifs is 4. The Hall–Kier alpha value is -8.69. The summed E-state index contributed by atoms with van der Waals surface area (Å²) in [4.78, 5) is 127. The number of nitrogens with one attached hydrogen (secondary N) is 3. The van der Waals surface area contributed by atoms with Crippen LogP contribution in [0.15, 0.2) is 95.7 Å². The summed E-state index contributed by atoms with van der Waals surface area (Å²) in [6.07, 6.45) is 16.1. The number of piperidine rings is 4. The summed E-state index contributed by atoms with van der Waals surface area (Å²) in [6, 6.07) is 14.4. The first-order valence-corrected chi connectivity index (χ1v) is 48.3. The number of aryl methyl sites for hydroxylation is 4. The molecule has 4 amide bonds. The minimum Gasteiger partial charge on any atom is -1.00 e. The van der Waals surface area contributed by atoms with Gasteiger partial charge in [-0.25, -0.2) is 49.5 Å². The van der Waals surface area contributed by atoms with Gasteiger partial charge in [0.1, 0.15) is 31.3 Å². The number of ether oxygens (including phenoxy) is 3. The molecule has 4 aromatic carbocycles. The van der Waals surface area contributed by atoms with Gasteiger partial charge in [0.25, 0.3) is 23.6 Å². The van der Waals surface area contributed by atoms with E-state index in [0.717, 1.165) is 184 Å². The number of carbonyl (C=O) groups is 7. The van der Waals surface area contributed by atoms with Gasteiger partial charge in [0.05, 0.1) is 83.1 Å². The molecule has 5 saturated heterocycles. The molecule has 2 atom stereocenters. The number of anilines is 7. The second kappa shape index (κ2) is 57.3. The van der Waals surface area contributed by atoms with Crippen LogP contribution < -0.4 is 58.3 Å². The molecule has 137 heavy (non-hydrogen) atoms. The van der Waals surface area contributed by atoms with Crippen LogP contribution in [-0.4, -0.2) is 244 Å². The molecule has 5 fully saturated rings. The number of hydrogen-bond acceptors (Lipinski definition) is 35. The van der Waals surface area contributed by atoms with Gasteiger partial charge in [0.2, 0.25) is 0 Å². The van der Waals surface area contributed by atoms with Crippen LogP contribution in [0.4, 0.5) is 41.9 Å². The molecule has 35 nitrogen and oxygen atoms in total. The monoisotopic (exact) mass is 2150 g/mol. The molecule has 0 bridgehead atoms. The molecule has 2 unspecified atom stereocenters. The molecule has 8 aromatic heterocycles. The SMILES string of the molecule is C.C1CCOC1.COC(=O)c1cc2nc(N3CCC(CO)CC3)sc2cc1Br.COC(=O)c1cc2nc(N3CCC(CO)CC3)sc2cc1NC(=O)c1coc(C)n1.Cc1nc(C(=O)Nc2cc3sc(N4CCC(C=O)CC4)nc3cc2C(C)(C)O)co1.Cc1nc(C(=O)Nc2cc3sc(N4CCC(CO)CC4)nc3cc2C(C)(C)O)co1.Cc1nc(C(N)=O)co1.F[B]P.[2H]CC.[2H]CP.[Br-].[CH3-].[Mg+2]. The van der Waals surface area contributed by atoms with Gasteiger partial charge in [0, 0.05) is 149 Å². The minimum atomic E-state index is -1.18. The summed E-state index contributed by atoms with van der Waals surface area (Å²) >= 11 is 9.63. The molecule has 5 aliphatic heterocycles. The Kier molecular flexibility index (Phi) is 48.2. The summed E-state index contributed by atoms with van der Waals surface area (Å²) in [7, 11) is 7.11. The number of methoxy groups -OCH3 is 2. The van der Waals surface area contributed by atoms with Crippen LogP contribution in [0.2, 0.25) is 0 Å². The number of esters is 2. The van der Waals surface area contributed by atoms with Crippen LogP contribution in [0.25, 0.3) is 40.9 Å². The quantitative estimate of drug-likeness (QED) is 0.0119. The number of aldehydes is 1. The fourth-order valence-electron chi connectivity index (χ4n) is 14.3. The molecular formula is C91H123BBr2FMgN16O19P2S4. The molecule has 0 saturated carbocycles. The van der Waals surface area contributed by atoms with Gasteiger partial charge in [-0.3, -0.25) is 19.2 Å². The van der Waals surface area contributed by atoms with Crippen molar-refractivity contribution in [3.8, 4) is 0 Å². The number of amides is 4.